The van der Waals surface area contributed by atoms with Crippen molar-refractivity contribution in [3.63, 3.8) is 0 Å². The molecule has 0 spiro atoms. The quantitative estimate of drug-likeness (QED) is 0.504. The smallest absolute Gasteiger partial charge is 0.241 e. The fraction of sp³-hybridized carbons (Fsp3) is 0.353. The van der Waals surface area contributed by atoms with Gasteiger partial charge in [-0.1, -0.05) is 24.3 Å². The van der Waals surface area contributed by atoms with Crippen LogP contribution in [0.3, 0.4) is 0 Å². The van der Waals surface area contributed by atoms with Crippen molar-refractivity contribution in [2.45, 2.75) is 18.6 Å². The van der Waals surface area contributed by atoms with Crippen molar-refractivity contribution in [1.29, 1.82) is 0 Å². The average Bonchev–Trinajstić information content (AvgIpc) is 3.18. The largest absolute Gasteiger partial charge is 0.393 e. The first-order valence-electron chi connectivity index (χ1n) is 7.45. The van der Waals surface area contributed by atoms with E-state index in [1.165, 1.54) is 6.92 Å². The lowest BCUT2D eigenvalue weighted by Gasteiger charge is -2.26. The van der Waals surface area contributed by atoms with Gasteiger partial charge >= 0.3 is 0 Å². The second-order valence-corrected chi connectivity index (χ2v) is 6.18. The molecule has 2 bridgehead atoms. The van der Waals surface area contributed by atoms with Crippen LogP contribution in [0.5, 0.6) is 0 Å². The van der Waals surface area contributed by atoms with Crippen LogP contribution in [0.1, 0.15) is 17.3 Å². The van der Waals surface area contributed by atoms with Crippen molar-refractivity contribution in [3.05, 3.63) is 42.0 Å². The van der Waals surface area contributed by atoms with Crippen LogP contribution < -0.4 is 4.90 Å². The molecule has 3 heterocycles. The summed E-state index contributed by atoms with van der Waals surface area (Å²) in [7, 11) is 0. The van der Waals surface area contributed by atoms with Gasteiger partial charge in [-0.25, -0.2) is 4.90 Å². The minimum absolute atomic E-state index is 0.136. The fourth-order valence-corrected chi connectivity index (χ4v) is 3.80. The highest BCUT2D eigenvalue weighted by atomic mass is 16.5. The van der Waals surface area contributed by atoms with E-state index in [-0.39, 0.29) is 24.2 Å². The van der Waals surface area contributed by atoms with Crippen molar-refractivity contribution in [2.75, 3.05) is 11.5 Å². The minimum atomic E-state index is -1.10. The molecule has 6 heteroatoms. The minimum Gasteiger partial charge on any atom is -0.393 e. The Bertz CT molecular complexity index is 770. The molecule has 1 aromatic carbocycles. The topological polar surface area (TPSA) is 83.9 Å². The number of aliphatic hydroxyl groups excluding tert-OH is 1. The summed E-state index contributed by atoms with van der Waals surface area (Å²) >= 11 is 0. The highest BCUT2D eigenvalue weighted by Crippen LogP contribution is 2.52. The lowest BCUT2D eigenvalue weighted by molar-refractivity contribution is -0.128. The number of rotatable bonds is 3. The van der Waals surface area contributed by atoms with E-state index in [2.05, 4.69) is 0 Å². The number of aliphatic hydroxyl groups is 1. The summed E-state index contributed by atoms with van der Waals surface area (Å²) in [6.07, 6.45) is 2.93. The highest BCUT2D eigenvalue weighted by Gasteiger charge is 2.67. The molecule has 3 aliphatic heterocycles. The molecule has 2 saturated heterocycles. The molecular formula is C17H15NO5. The maximum absolute atomic E-state index is 12.8. The Kier molecular flexibility index (Phi) is 2.86. The van der Waals surface area contributed by atoms with E-state index in [0.29, 0.717) is 11.3 Å². The molecule has 0 aliphatic carbocycles. The molecule has 1 aromatic rings. The van der Waals surface area contributed by atoms with E-state index < -0.39 is 23.5 Å². The molecule has 1 N–H and O–H groups in total. The number of amides is 2. The van der Waals surface area contributed by atoms with Crippen LogP contribution in [-0.4, -0.2) is 41.0 Å². The lowest BCUT2D eigenvalue weighted by atomic mass is 9.77. The fourth-order valence-electron chi connectivity index (χ4n) is 3.80. The van der Waals surface area contributed by atoms with E-state index in [9.17, 15) is 19.5 Å². The first-order valence-corrected chi connectivity index (χ1v) is 7.45. The number of ether oxygens (including phenoxy) is 1. The summed E-state index contributed by atoms with van der Waals surface area (Å²) in [5.74, 6) is -2.19. The molecule has 23 heavy (non-hydrogen) atoms. The number of fused-ring (bicyclic) bond motifs is 5. The van der Waals surface area contributed by atoms with Crippen molar-refractivity contribution < 1.29 is 24.2 Å². The molecule has 0 radical (unpaired) electrons. The molecule has 4 atom stereocenters. The Hall–Kier alpha value is -2.31. The van der Waals surface area contributed by atoms with Gasteiger partial charge in [0.25, 0.3) is 0 Å². The summed E-state index contributed by atoms with van der Waals surface area (Å²) in [5, 5.41) is 9.67. The Balaban J connectivity index is 1.76. The zero-order valence-electron chi connectivity index (χ0n) is 12.4. The first-order chi connectivity index (χ1) is 11.0. The number of benzene rings is 1. The number of hydrogen-bond acceptors (Lipinski definition) is 5. The number of carbonyl (C=O) groups excluding carboxylic acids is 3. The van der Waals surface area contributed by atoms with E-state index >= 15 is 0 Å². The maximum atomic E-state index is 12.8. The number of carbonyl (C=O) groups is 3. The predicted octanol–water partition coefficient (Wildman–Crippen LogP) is 0.694. The predicted molar refractivity (Wildman–Crippen MR) is 79.7 cm³/mol. The number of imide groups is 1. The molecule has 0 saturated carbocycles. The molecule has 118 valence electrons. The van der Waals surface area contributed by atoms with Gasteiger partial charge in [-0.15, -0.1) is 0 Å². The maximum Gasteiger partial charge on any atom is 0.241 e. The van der Waals surface area contributed by atoms with Crippen LogP contribution >= 0.6 is 0 Å². The number of ketones is 1. The molecule has 3 aliphatic rings. The third kappa shape index (κ3) is 1.73. The summed E-state index contributed by atoms with van der Waals surface area (Å²) in [6, 6.07) is 6.46. The Morgan fingerprint density at radius 1 is 1.35 bits per heavy atom. The van der Waals surface area contributed by atoms with Gasteiger partial charge in [0.05, 0.1) is 30.2 Å². The number of Topliss-reactive ketones (excluding diaryl/α,β-unsaturated/α-hetero) is 1. The normalized spacial score (nSPS) is 34.3. The molecule has 0 aromatic heterocycles. The molecular weight excluding hydrogens is 298 g/mol. The SMILES string of the molecule is CC(=O)c1cccc(N2C(=O)[C@H]3[C@@H]4C=C[C@@](CO)(O4)[C@@H]3C2=O)c1. The summed E-state index contributed by atoms with van der Waals surface area (Å²) < 4.78 is 5.68. The van der Waals surface area contributed by atoms with E-state index in [1.54, 1.807) is 36.4 Å². The van der Waals surface area contributed by atoms with Gasteiger partial charge in [-0.3, -0.25) is 14.4 Å². The van der Waals surface area contributed by atoms with E-state index in [1.807, 2.05) is 0 Å². The van der Waals surface area contributed by atoms with Gasteiger partial charge in [0.2, 0.25) is 11.8 Å². The molecule has 4 rings (SSSR count). The first kappa shape index (κ1) is 14.3. The van der Waals surface area contributed by atoms with Gasteiger partial charge < -0.3 is 9.84 Å². The third-order valence-corrected chi connectivity index (χ3v) is 4.91. The number of nitrogens with zero attached hydrogens (tertiary/aromatic N) is 1. The third-order valence-electron chi connectivity index (χ3n) is 4.91. The second-order valence-electron chi connectivity index (χ2n) is 6.18. The van der Waals surface area contributed by atoms with Crippen LogP contribution in [0.4, 0.5) is 5.69 Å². The van der Waals surface area contributed by atoms with Crippen molar-refractivity contribution >= 4 is 23.3 Å². The van der Waals surface area contributed by atoms with Crippen LogP contribution in [0.2, 0.25) is 0 Å². The Morgan fingerprint density at radius 3 is 2.83 bits per heavy atom. The van der Waals surface area contributed by atoms with Crippen molar-refractivity contribution in [1.82, 2.24) is 0 Å². The van der Waals surface area contributed by atoms with Crippen molar-refractivity contribution in [2.24, 2.45) is 11.8 Å². The van der Waals surface area contributed by atoms with Crippen LogP contribution in [0.25, 0.3) is 0 Å². The van der Waals surface area contributed by atoms with Crippen LogP contribution in [0, 0.1) is 11.8 Å². The summed E-state index contributed by atoms with van der Waals surface area (Å²) in [5.41, 5.74) is -0.279. The molecule has 2 fully saturated rings. The summed E-state index contributed by atoms with van der Waals surface area (Å²) in [6.45, 7) is 1.09. The second kappa shape index (κ2) is 4.59. The zero-order chi connectivity index (χ0) is 16.4. The van der Waals surface area contributed by atoms with Crippen LogP contribution in [-0.2, 0) is 14.3 Å². The number of hydrogen-bond donors (Lipinski definition) is 1. The molecule has 6 nitrogen and oxygen atoms in total. The molecule has 2 amide bonds. The highest BCUT2D eigenvalue weighted by molar-refractivity contribution is 6.23. The summed E-state index contributed by atoms with van der Waals surface area (Å²) in [4.78, 5) is 38.2. The van der Waals surface area contributed by atoms with E-state index in [4.69, 9.17) is 4.74 Å². The Labute approximate surface area is 132 Å². The lowest BCUT2D eigenvalue weighted by Crippen LogP contribution is -2.43. The number of anilines is 1. The van der Waals surface area contributed by atoms with Crippen molar-refractivity contribution in [3.8, 4) is 0 Å². The van der Waals surface area contributed by atoms with Crippen LogP contribution in [0.15, 0.2) is 36.4 Å². The van der Waals surface area contributed by atoms with Gasteiger partial charge in [0.15, 0.2) is 5.78 Å². The van der Waals surface area contributed by atoms with Gasteiger partial charge in [-0.2, -0.15) is 0 Å². The standard InChI is InChI=1S/C17H15NO5/c1-9(20)10-3-2-4-11(7-10)18-15(21)13-12-5-6-17(8-19,23-12)14(13)16(18)22/h2-7,12-14,19H,8H2,1H3/t12-,13-,14-,17-/m0/s1. The average molecular weight is 313 g/mol. The monoisotopic (exact) mass is 313 g/mol. The van der Waals surface area contributed by atoms with Gasteiger partial charge in [-0.05, 0) is 19.1 Å². The van der Waals surface area contributed by atoms with E-state index in [0.717, 1.165) is 4.90 Å². The van der Waals surface area contributed by atoms with Gasteiger partial charge in [0, 0.05) is 5.56 Å². The Morgan fingerprint density at radius 2 is 2.13 bits per heavy atom. The zero-order valence-corrected chi connectivity index (χ0v) is 12.4. The van der Waals surface area contributed by atoms with Gasteiger partial charge in [0.1, 0.15) is 5.60 Å². The molecule has 0 unspecified atom stereocenters.